The van der Waals surface area contributed by atoms with Crippen molar-refractivity contribution in [1.29, 1.82) is 0 Å². The third kappa shape index (κ3) is 26.5. The highest BCUT2D eigenvalue weighted by atomic mass is 79.9. The van der Waals surface area contributed by atoms with Gasteiger partial charge in [-0.15, -0.1) is 0 Å². The highest BCUT2D eigenvalue weighted by molar-refractivity contribution is 4.81. The molecule has 0 aliphatic heterocycles. The minimum atomic E-state index is 0. The summed E-state index contributed by atoms with van der Waals surface area (Å²) in [5, 5.41) is 0. The normalized spacial score (nSPS) is 11.8. The quantitative estimate of drug-likeness (QED) is 0.142. The van der Waals surface area contributed by atoms with Gasteiger partial charge in [0.05, 0.1) is 27.7 Å². The molecule has 0 aromatic carbocycles. The SMILES string of the molecule is CCCCCCCC/C=C\CCCCCCCCOC[N+](C)(C)C.[Br-]. The predicted molar refractivity (Wildman–Crippen MR) is 108 cm³/mol. The van der Waals surface area contributed by atoms with Crippen LogP contribution in [0.5, 0.6) is 0 Å². The van der Waals surface area contributed by atoms with Gasteiger partial charge in [-0.1, -0.05) is 76.9 Å². The first-order valence-corrected chi connectivity index (χ1v) is 10.6. The van der Waals surface area contributed by atoms with Gasteiger partial charge in [-0.05, 0) is 32.1 Å². The highest BCUT2D eigenvalue weighted by Crippen LogP contribution is 2.10. The molecule has 0 bridgehead atoms. The largest absolute Gasteiger partial charge is 1.00 e. The van der Waals surface area contributed by atoms with E-state index in [0.717, 1.165) is 17.8 Å². The molecule has 0 rings (SSSR count). The Morgan fingerprint density at radius 1 is 0.640 bits per heavy atom. The molecule has 25 heavy (non-hydrogen) atoms. The summed E-state index contributed by atoms with van der Waals surface area (Å²) in [4.78, 5) is 0. The first kappa shape index (κ1) is 27.4. The van der Waals surface area contributed by atoms with Gasteiger partial charge >= 0.3 is 0 Å². The number of hydrogen-bond acceptors (Lipinski definition) is 1. The third-order valence-electron chi connectivity index (χ3n) is 4.28. The van der Waals surface area contributed by atoms with E-state index < -0.39 is 0 Å². The van der Waals surface area contributed by atoms with Crippen LogP contribution in [0.25, 0.3) is 0 Å². The van der Waals surface area contributed by atoms with Gasteiger partial charge in [0.1, 0.15) is 0 Å². The zero-order valence-corrected chi connectivity index (χ0v) is 19.3. The van der Waals surface area contributed by atoms with Crippen LogP contribution in [0.4, 0.5) is 0 Å². The standard InChI is InChI=1S/C22H46NO.BrH/c1-5-6-7-8-9-10-11-12-13-14-15-16-17-18-19-20-21-24-22-23(2,3)4;/h12-13H,5-11,14-22H2,1-4H3;1H/q+1;/p-1/b13-12-;. The molecule has 0 amide bonds. The van der Waals surface area contributed by atoms with Crippen molar-refractivity contribution in [3.63, 3.8) is 0 Å². The van der Waals surface area contributed by atoms with Crippen molar-refractivity contribution in [2.24, 2.45) is 0 Å². The maximum atomic E-state index is 5.68. The zero-order valence-electron chi connectivity index (χ0n) is 17.7. The monoisotopic (exact) mass is 419 g/mol. The Balaban J connectivity index is 0. The fourth-order valence-electron chi connectivity index (χ4n) is 2.79. The molecule has 0 aromatic rings. The van der Waals surface area contributed by atoms with Gasteiger partial charge in [-0.25, -0.2) is 0 Å². The number of nitrogens with zero attached hydrogens (tertiary/aromatic N) is 1. The molecule has 152 valence electrons. The second kappa shape index (κ2) is 20.5. The molecule has 0 aromatic heterocycles. The van der Waals surface area contributed by atoms with Crippen molar-refractivity contribution < 1.29 is 26.2 Å². The number of unbranched alkanes of at least 4 members (excludes halogenated alkanes) is 12. The van der Waals surface area contributed by atoms with Crippen molar-refractivity contribution in [2.75, 3.05) is 34.5 Å². The van der Waals surface area contributed by atoms with E-state index in [2.05, 4.69) is 40.2 Å². The lowest BCUT2D eigenvalue weighted by atomic mass is 10.1. The number of rotatable bonds is 18. The van der Waals surface area contributed by atoms with Crippen molar-refractivity contribution in [1.82, 2.24) is 0 Å². The number of halogens is 1. The molecule has 0 N–H and O–H groups in total. The Kier molecular flexibility index (Phi) is 22.4. The molecular formula is C22H46BrNO. The molecule has 0 atom stereocenters. The van der Waals surface area contributed by atoms with Gasteiger partial charge in [0.25, 0.3) is 0 Å². The van der Waals surface area contributed by atoms with E-state index in [9.17, 15) is 0 Å². The van der Waals surface area contributed by atoms with Crippen LogP contribution >= 0.6 is 0 Å². The van der Waals surface area contributed by atoms with Crippen molar-refractivity contribution >= 4 is 0 Å². The van der Waals surface area contributed by atoms with Crippen LogP contribution in [0.1, 0.15) is 96.8 Å². The lowest BCUT2D eigenvalue weighted by Gasteiger charge is -2.23. The molecule has 0 saturated carbocycles. The van der Waals surface area contributed by atoms with Crippen LogP contribution in [-0.2, 0) is 4.74 Å². The minimum absolute atomic E-state index is 0. The maximum Gasteiger partial charge on any atom is 0.182 e. The van der Waals surface area contributed by atoms with Gasteiger partial charge in [0, 0.05) is 0 Å². The molecule has 2 nitrogen and oxygen atoms in total. The summed E-state index contributed by atoms with van der Waals surface area (Å²) in [6.45, 7) is 4.03. The van der Waals surface area contributed by atoms with E-state index in [1.807, 2.05) is 0 Å². The van der Waals surface area contributed by atoms with E-state index in [0.29, 0.717) is 0 Å². The van der Waals surface area contributed by atoms with E-state index >= 15 is 0 Å². The fraction of sp³-hybridized carbons (Fsp3) is 0.909. The summed E-state index contributed by atoms with van der Waals surface area (Å²) >= 11 is 0. The van der Waals surface area contributed by atoms with Gasteiger partial charge in [0.15, 0.2) is 6.73 Å². The average Bonchev–Trinajstić information content (AvgIpc) is 2.52. The second-order valence-corrected chi connectivity index (χ2v) is 8.27. The molecule has 3 heteroatoms. The summed E-state index contributed by atoms with van der Waals surface area (Å²) in [5.74, 6) is 0. The van der Waals surface area contributed by atoms with Crippen LogP contribution in [-0.4, -0.2) is 39.0 Å². The molecule has 0 aliphatic carbocycles. The lowest BCUT2D eigenvalue weighted by molar-refractivity contribution is -0.890. The van der Waals surface area contributed by atoms with Gasteiger partial charge in [-0.2, -0.15) is 0 Å². The maximum absolute atomic E-state index is 5.68. The molecular weight excluding hydrogens is 374 g/mol. The zero-order chi connectivity index (χ0) is 17.9. The summed E-state index contributed by atoms with van der Waals surface area (Å²) < 4.78 is 6.58. The number of ether oxygens (including phenoxy) is 1. The Hall–Kier alpha value is 0.140. The topological polar surface area (TPSA) is 9.23 Å². The predicted octanol–water partition coefficient (Wildman–Crippen LogP) is 3.71. The molecule has 0 heterocycles. The van der Waals surface area contributed by atoms with Crippen LogP contribution < -0.4 is 17.0 Å². The molecule has 0 radical (unpaired) electrons. The highest BCUT2D eigenvalue weighted by Gasteiger charge is 2.05. The average molecular weight is 421 g/mol. The first-order chi connectivity index (χ1) is 11.6. The lowest BCUT2D eigenvalue weighted by Crippen LogP contribution is -3.00. The van der Waals surface area contributed by atoms with Crippen LogP contribution in [0.3, 0.4) is 0 Å². The number of allylic oxidation sites excluding steroid dienone is 2. The summed E-state index contributed by atoms with van der Waals surface area (Å²) in [7, 11) is 6.51. The summed E-state index contributed by atoms with van der Waals surface area (Å²) in [5.41, 5.74) is 0. The molecule has 0 unspecified atom stereocenters. The Morgan fingerprint density at radius 2 is 1.08 bits per heavy atom. The summed E-state index contributed by atoms with van der Waals surface area (Å²) in [6.07, 6.45) is 23.9. The molecule has 0 fully saturated rings. The van der Waals surface area contributed by atoms with E-state index in [1.165, 1.54) is 89.9 Å². The van der Waals surface area contributed by atoms with Crippen molar-refractivity contribution in [3.8, 4) is 0 Å². The van der Waals surface area contributed by atoms with E-state index in [4.69, 9.17) is 4.74 Å². The van der Waals surface area contributed by atoms with E-state index in [1.54, 1.807) is 0 Å². The number of quaternary nitrogens is 1. The van der Waals surface area contributed by atoms with Crippen molar-refractivity contribution in [3.05, 3.63) is 12.2 Å². The van der Waals surface area contributed by atoms with Crippen LogP contribution in [0, 0.1) is 0 Å². The molecule has 0 saturated heterocycles. The summed E-state index contributed by atoms with van der Waals surface area (Å²) in [6, 6.07) is 0. The van der Waals surface area contributed by atoms with Gasteiger partial charge in [-0.3, -0.25) is 0 Å². The fourth-order valence-corrected chi connectivity index (χ4v) is 2.79. The van der Waals surface area contributed by atoms with Gasteiger partial charge in [0.2, 0.25) is 0 Å². The smallest absolute Gasteiger partial charge is 0.182 e. The van der Waals surface area contributed by atoms with Gasteiger partial charge < -0.3 is 26.2 Å². The molecule has 0 spiro atoms. The Bertz CT molecular complexity index is 274. The van der Waals surface area contributed by atoms with Crippen LogP contribution in [0.15, 0.2) is 12.2 Å². The van der Waals surface area contributed by atoms with Crippen LogP contribution in [0.2, 0.25) is 0 Å². The molecule has 0 aliphatic rings. The minimum Gasteiger partial charge on any atom is -1.00 e. The first-order valence-electron chi connectivity index (χ1n) is 10.6. The number of hydrogen-bond donors (Lipinski definition) is 0. The van der Waals surface area contributed by atoms with Crippen molar-refractivity contribution in [2.45, 2.75) is 96.8 Å². The Morgan fingerprint density at radius 3 is 1.56 bits per heavy atom. The third-order valence-corrected chi connectivity index (χ3v) is 4.28. The van der Waals surface area contributed by atoms with E-state index in [-0.39, 0.29) is 17.0 Å². The second-order valence-electron chi connectivity index (χ2n) is 8.27. The Labute approximate surface area is 169 Å².